The summed E-state index contributed by atoms with van der Waals surface area (Å²) in [6.45, 7) is 6.57. The molecule has 0 unspecified atom stereocenters. The molecule has 3 N–H and O–H groups in total. The number of hydrogen-bond donors (Lipinski definition) is 2. The van der Waals surface area contributed by atoms with E-state index in [0.717, 1.165) is 22.3 Å². The van der Waals surface area contributed by atoms with E-state index in [2.05, 4.69) is 23.4 Å². The zero-order chi connectivity index (χ0) is 35.6. The van der Waals surface area contributed by atoms with Gasteiger partial charge in [0.1, 0.15) is 5.56 Å². The van der Waals surface area contributed by atoms with Crippen LogP contribution in [0, 0.1) is 12.8 Å². The molecule has 1 aliphatic carbocycles. The molecule has 4 heterocycles. The van der Waals surface area contributed by atoms with Crippen molar-refractivity contribution < 1.29 is 9.59 Å². The first kappa shape index (κ1) is 32.5. The Bertz CT molecular complexity index is 2480. The van der Waals surface area contributed by atoms with Gasteiger partial charge in [-0.1, -0.05) is 54.1 Å². The van der Waals surface area contributed by atoms with Gasteiger partial charge in [-0.2, -0.15) is 0 Å². The first-order chi connectivity index (χ1) is 24.6. The van der Waals surface area contributed by atoms with Gasteiger partial charge in [0.15, 0.2) is 11.5 Å². The van der Waals surface area contributed by atoms with Crippen LogP contribution in [0.2, 0.25) is 5.02 Å². The predicted octanol–water partition coefficient (Wildman–Crippen LogP) is 6.99. The van der Waals surface area contributed by atoms with Gasteiger partial charge in [-0.15, -0.1) is 5.10 Å². The number of benzene rings is 3. The maximum atomic E-state index is 13.9. The lowest BCUT2D eigenvalue weighted by molar-refractivity contribution is 0.0696. The molecule has 2 aliphatic rings. The van der Waals surface area contributed by atoms with Gasteiger partial charge < -0.3 is 16.0 Å². The summed E-state index contributed by atoms with van der Waals surface area (Å²) in [5.41, 5.74) is 12.0. The maximum Gasteiger partial charge on any atom is 0.264 e. The van der Waals surface area contributed by atoms with Gasteiger partial charge in [-0.3, -0.25) is 19.0 Å². The fourth-order valence-corrected chi connectivity index (χ4v) is 7.54. The SMILES string of the molecule is Cc1cc(/C=C/c2ccn3nc(N)c(C(=O)N[C@@H](C)c4cc5cccc(Cl)c5c(=O)n4-c4ccccc4)c3n2)cc2c1C(=O)N([C@@H](C)C1CC1)C2. The molecular weight excluding hydrogens is 662 g/mol. The number of aromatic nitrogens is 4. The molecule has 0 spiro atoms. The van der Waals surface area contributed by atoms with Crippen molar-refractivity contribution in [2.45, 2.75) is 52.2 Å². The van der Waals surface area contributed by atoms with Crippen LogP contribution in [0.5, 0.6) is 0 Å². The van der Waals surface area contributed by atoms with E-state index in [1.165, 1.54) is 17.4 Å². The normalized spacial score (nSPS) is 15.5. The highest BCUT2D eigenvalue weighted by Crippen LogP contribution is 2.39. The highest BCUT2D eigenvalue weighted by atomic mass is 35.5. The van der Waals surface area contributed by atoms with Crippen molar-refractivity contribution in [1.82, 2.24) is 29.4 Å². The molecule has 1 saturated carbocycles. The third-order valence-corrected chi connectivity index (χ3v) is 10.4. The lowest BCUT2D eigenvalue weighted by atomic mass is 10.00. The van der Waals surface area contributed by atoms with E-state index in [1.807, 2.05) is 79.4 Å². The van der Waals surface area contributed by atoms with Crippen molar-refractivity contribution >= 4 is 57.8 Å². The van der Waals surface area contributed by atoms with Crippen LogP contribution in [0.15, 0.2) is 83.8 Å². The second kappa shape index (κ2) is 12.5. The number of aryl methyl sites for hydroxylation is 1. The largest absolute Gasteiger partial charge is 0.381 e. The minimum Gasteiger partial charge on any atom is -0.381 e. The average Bonchev–Trinajstić information content (AvgIpc) is 3.83. The smallest absolute Gasteiger partial charge is 0.264 e. The number of fused-ring (bicyclic) bond motifs is 3. The summed E-state index contributed by atoms with van der Waals surface area (Å²) >= 11 is 6.48. The van der Waals surface area contributed by atoms with Crippen LogP contribution >= 0.6 is 11.6 Å². The lowest BCUT2D eigenvalue weighted by Gasteiger charge is -2.24. The zero-order valence-electron chi connectivity index (χ0n) is 28.4. The van der Waals surface area contributed by atoms with E-state index < -0.39 is 11.9 Å². The summed E-state index contributed by atoms with van der Waals surface area (Å²) in [6, 6.07) is 21.9. The molecule has 3 aromatic heterocycles. The van der Waals surface area contributed by atoms with Crippen molar-refractivity contribution in [1.29, 1.82) is 0 Å². The Kier molecular flexibility index (Phi) is 7.98. The van der Waals surface area contributed by atoms with E-state index in [1.54, 1.807) is 29.0 Å². The molecule has 256 valence electrons. The van der Waals surface area contributed by atoms with Crippen molar-refractivity contribution in [2.75, 3.05) is 5.73 Å². The summed E-state index contributed by atoms with van der Waals surface area (Å²) in [4.78, 5) is 47.8. The number of para-hydroxylation sites is 1. The molecule has 51 heavy (non-hydrogen) atoms. The zero-order valence-corrected chi connectivity index (χ0v) is 29.2. The summed E-state index contributed by atoms with van der Waals surface area (Å²) in [5.74, 6) is 0.274. The Hall–Kier alpha value is -5.74. The summed E-state index contributed by atoms with van der Waals surface area (Å²) < 4.78 is 3.05. The highest BCUT2D eigenvalue weighted by molar-refractivity contribution is 6.35. The molecule has 2 atom stereocenters. The van der Waals surface area contributed by atoms with Gasteiger partial charge in [-0.25, -0.2) is 9.50 Å². The number of nitrogens with one attached hydrogen (secondary N) is 1. The number of anilines is 1. The van der Waals surface area contributed by atoms with Crippen molar-refractivity contribution in [3.8, 4) is 5.69 Å². The maximum absolute atomic E-state index is 13.9. The molecule has 1 aliphatic heterocycles. The minimum atomic E-state index is -0.621. The Labute approximate surface area is 299 Å². The first-order valence-corrected chi connectivity index (χ1v) is 17.4. The van der Waals surface area contributed by atoms with Crippen LogP contribution in [-0.2, 0) is 6.54 Å². The van der Waals surface area contributed by atoms with E-state index in [-0.39, 0.29) is 28.9 Å². The summed E-state index contributed by atoms with van der Waals surface area (Å²) in [5, 5.41) is 8.79. The van der Waals surface area contributed by atoms with Gasteiger partial charge >= 0.3 is 0 Å². The number of halogens is 1. The molecule has 10 nitrogen and oxygen atoms in total. The van der Waals surface area contributed by atoms with Crippen molar-refractivity contribution in [3.05, 3.63) is 134 Å². The molecule has 1 fully saturated rings. The molecule has 0 bridgehead atoms. The number of nitrogens with two attached hydrogens (primary N) is 1. The monoisotopic (exact) mass is 697 g/mol. The van der Waals surface area contributed by atoms with Crippen LogP contribution < -0.4 is 16.6 Å². The molecule has 11 heteroatoms. The number of pyridine rings is 1. The second-order valence-electron chi connectivity index (χ2n) is 13.5. The standard InChI is InChI=1S/C40H36ClN7O3/c1-22-18-25(19-28-21-46(39(50)33(22)28)24(3)26-13-14-26)12-15-29-16-17-47-37(44-29)35(36(42)45-47)38(49)43-23(2)32-20-27-8-7-11-31(41)34(27)40(51)48(32)30-9-5-4-6-10-30/h4-12,15-20,23-24,26H,13-14,21H2,1-3H3,(H2,42,45)(H,43,49)/b15-12+/t23-,24-/m0/s1. The second-order valence-corrected chi connectivity index (χ2v) is 13.9. The number of rotatable bonds is 8. The van der Waals surface area contributed by atoms with Crippen molar-refractivity contribution in [2.24, 2.45) is 5.92 Å². The third kappa shape index (κ3) is 5.75. The quantitative estimate of drug-likeness (QED) is 0.176. The van der Waals surface area contributed by atoms with E-state index in [9.17, 15) is 14.4 Å². The fourth-order valence-electron chi connectivity index (χ4n) is 7.28. The Morgan fingerprint density at radius 2 is 1.80 bits per heavy atom. The number of nitrogen functional groups attached to an aromatic ring is 1. The molecular formula is C40H36ClN7O3. The van der Waals surface area contributed by atoms with Gasteiger partial charge in [0, 0.05) is 35.7 Å². The fraction of sp³-hybridized carbons (Fsp3) is 0.225. The Morgan fingerprint density at radius 1 is 1.02 bits per heavy atom. The van der Waals surface area contributed by atoms with Gasteiger partial charge in [-0.05, 0) is 104 Å². The number of carbonyl (C=O) groups is 2. The molecule has 0 radical (unpaired) electrons. The summed E-state index contributed by atoms with van der Waals surface area (Å²) in [7, 11) is 0. The van der Waals surface area contributed by atoms with Crippen LogP contribution in [0.25, 0.3) is 34.3 Å². The van der Waals surface area contributed by atoms with E-state index in [4.69, 9.17) is 22.3 Å². The van der Waals surface area contributed by atoms with Crippen LogP contribution in [0.1, 0.15) is 81.5 Å². The molecule has 6 aromatic rings. The van der Waals surface area contributed by atoms with Crippen LogP contribution in [0.3, 0.4) is 0 Å². The van der Waals surface area contributed by atoms with Gasteiger partial charge in [0.05, 0.1) is 22.1 Å². The number of carbonyl (C=O) groups excluding carboxylic acids is 2. The first-order valence-electron chi connectivity index (χ1n) is 17.1. The molecule has 8 rings (SSSR count). The third-order valence-electron chi connectivity index (χ3n) is 10.1. The van der Waals surface area contributed by atoms with E-state index >= 15 is 0 Å². The van der Waals surface area contributed by atoms with Crippen LogP contribution in [-0.4, -0.2) is 41.9 Å². The van der Waals surface area contributed by atoms with Gasteiger partial charge in [0.25, 0.3) is 17.4 Å². The Morgan fingerprint density at radius 3 is 2.57 bits per heavy atom. The van der Waals surface area contributed by atoms with E-state index in [0.29, 0.717) is 51.0 Å². The summed E-state index contributed by atoms with van der Waals surface area (Å²) in [6.07, 6.45) is 7.91. The predicted molar refractivity (Wildman–Crippen MR) is 200 cm³/mol. The van der Waals surface area contributed by atoms with Crippen molar-refractivity contribution in [3.63, 3.8) is 0 Å². The van der Waals surface area contributed by atoms with Gasteiger partial charge in [0.2, 0.25) is 0 Å². The minimum absolute atomic E-state index is 0.0305. The average molecular weight is 698 g/mol. The Balaban J connectivity index is 1.09. The topological polar surface area (TPSA) is 128 Å². The van der Waals surface area contributed by atoms with Crippen LogP contribution in [0.4, 0.5) is 5.82 Å². The molecule has 2 amide bonds. The lowest BCUT2D eigenvalue weighted by Crippen LogP contribution is -2.34. The molecule has 0 saturated heterocycles. The number of nitrogens with zero attached hydrogens (tertiary/aromatic N) is 5. The highest BCUT2D eigenvalue weighted by Gasteiger charge is 2.39. The number of hydrogen-bond acceptors (Lipinski definition) is 6. The molecule has 3 aromatic carbocycles. The number of amides is 2.